The standard InChI is InChI=1S/C20H23N5O3/c1-2-18-22-19(24-28-18)20(10-5-6-11-20)23-17(27)9-12-25-15-8-4-3-7-14(15)16(26)13-21-25/h3-4,7-8,13H,2,5-6,9-12H2,1H3,(H,23,27). The van der Waals surface area contributed by atoms with Crippen molar-refractivity contribution < 1.29 is 9.32 Å². The van der Waals surface area contributed by atoms with Gasteiger partial charge in [0.15, 0.2) is 5.82 Å². The van der Waals surface area contributed by atoms with Crippen molar-refractivity contribution in [3.8, 4) is 0 Å². The fourth-order valence-electron chi connectivity index (χ4n) is 3.85. The van der Waals surface area contributed by atoms with E-state index in [2.05, 4.69) is 20.6 Å². The quantitative estimate of drug-likeness (QED) is 0.703. The third-order valence-electron chi connectivity index (χ3n) is 5.35. The molecule has 2 heterocycles. The van der Waals surface area contributed by atoms with Gasteiger partial charge in [0.25, 0.3) is 0 Å². The Morgan fingerprint density at radius 3 is 2.82 bits per heavy atom. The Bertz CT molecular complexity index is 1050. The van der Waals surface area contributed by atoms with Gasteiger partial charge in [-0.3, -0.25) is 14.3 Å². The molecule has 2 aromatic heterocycles. The molecule has 0 unspecified atom stereocenters. The molecule has 1 aliphatic rings. The fraction of sp³-hybridized carbons (Fsp3) is 0.450. The monoisotopic (exact) mass is 381 g/mol. The van der Waals surface area contributed by atoms with Crippen molar-refractivity contribution in [1.82, 2.24) is 25.2 Å². The van der Waals surface area contributed by atoms with Crippen LogP contribution in [-0.2, 0) is 23.3 Å². The highest BCUT2D eigenvalue weighted by Gasteiger charge is 2.41. The number of hydrogen-bond donors (Lipinski definition) is 1. The molecule has 0 aliphatic heterocycles. The van der Waals surface area contributed by atoms with E-state index in [1.54, 1.807) is 10.7 Å². The zero-order valence-corrected chi connectivity index (χ0v) is 15.9. The Morgan fingerprint density at radius 1 is 1.29 bits per heavy atom. The molecule has 28 heavy (non-hydrogen) atoms. The van der Waals surface area contributed by atoms with E-state index in [0.717, 1.165) is 31.2 Å². The van der Waals surface area contributed by atoms with Crippen molar-refractivity contribution in [3.05, 3.63) is 52.4 Å². The number of fused-ring (bicyclic) bond motifs is 1. The van der Waals surface area contributed by atoms with Crippen LogP contribution < -0.4 is 10.7 Å². The smallest absolute Gasteiger partial charge is 0.226 e. The summed E-state index contributed by atoms with van der Waals surface area (Å²) in [4.78, 5) is 29.1. The molecular weight excluding hydrogens is 358 g/mol. The summed E-state index contributed by atoms with van der Waals surface area (Å²) in [5.41, 5.74) is 0.0572. The minimum absolute atomic E-state index is 0.0886. The summed E-state index contributed by atoms with van der Waals surface area (Å²) >= 11 is 0. The first kappa shape index (κ1) is 18.3. The van der Waals surface area contributed by atoms with E-state index in [1.807, 2.05) is 25.1 Å². The number of benzene rings is 1. The summed E-state index contributed by atoms with van der Waals surface area (Å²) in [6.45, 7) is 2.34. The topological polar surface area (TPSA) is 103 Å². The summed E-state index contributed by atoms with van der Waals surface area (Å²) in [6, 6.07) is 7.28. The average molecular weight is 381 g/mol. The van der Waals surface area contributed by atoms with Gasteiger partial charge in [0.05, 0.1) is 18.3 Å². The van der Waals surface area contributed by atoms with Crippen molar-refractivity contribution in [2.75, 3.05) is 0 Å². The largest absolute Gasteiger partial charge is 0.343 e. The molecule has 3 aromatic rings. The lowest BCUT2D eigenvalue weighted by Gasteiger charge is -2.26. The Kier molecular flexibility index (Phi) is 4.93. The first-order chi connectivity index (χ1) is 13.6. The molecule has 0 radical (unpaired) electrons. The van der Waals surface area contributed by atoms with E-state index in [-0.39, 0.29) is 17.8 Å². The van der Waals surface area contributed by atoms with Gasteiger partial charge in [-0.1, -0.05) is 37.1 Å². The number of hydrogen-bond acceptors (Lipinski definition) is 6. The lowest BCUT2D eigenvalue weighted by atomic mass is 9.96. The molecule has 1 saturated carbocycles. The number of nitrogens with one attached hydrogen (secondary N) is 1. The summed E-state index contributed by atoms with van der Waals surface area (Å²) < 4.78 is 6.96. The number of amides is 1. The molecule has 0 spiro atoms. The Labute approximate surface area is 161 Å². The van der Waals surface area contributed by atoms with Crippen LogP contribution in [0.2, 0.25) is 0 Å². The molecule has 1 amide bonds. The summed E-state index contributed by atoms with van der Waals surface area (Å²) in [5.74, 6) is 1.07. The van der Waals surface area contributed by atoms with E-state index in [1.165, 1.54) is 6.20 Å². The van der Waals surface area contributed by atoms with E-state index < -0.39 is 5.54 Å². The van der Waals surface area contributed by atoms with Crippen LogP contribution >= 0.6 is 0 Å². The molecular formula is C20H23N5O3. The third-order valence-corrected chi connectivity index (χ3v) is 5.35. The molecule has 146 valence electrons. The van der Waals surface area contributed by atoms with Crippen molar-refractivity contribution in [2.45, 2.75) is 57.5 Å². The van der Waals surface area contributed by atoms with E-state index in [9.17, 15) is 9.59 Å². The number of para-hydroxylation sites is 1. The summed E-state index contributed by atoms with van der Waals surface area (Å²) in [5, 5.41) is 12.0. The zero-order chi connectivity index (χ0) is 19.6. The number of carbonyl (C=O) groups is 1. The molecule has 0 saturated heterocycles. The van der Waals surface area contributed by atoms with Gasteiger partial charge in [-0.25, -0.2) is 0 Å². The highest BCUT2D eigenvalue weighted by molar-refractivity contribution is 5.79. The van der Waals surface area contributed by atoms with Crippen LogP contribution in [-0.4, -0.2) is 25.8 Å². The zero-order valence-electron chi connectivity index (χ0n) is 15.9. The van der Waals surface area contributed by atoms with Crippen LogP contribution in [0.25, 0.3) is 10.9 Å². The fourth-order valence-corrected chi connectivity index (χ4v) is 3.85. The second-order valence-electron chi connectivity index (χ2n) is 7.20. The van der Waals surface area contributed by atoms with E-state index in [0.29, 0.717) is 30.1 Å². The van der Waals surface area contributed by atoms with E-state index in [4.69, 9.17) is 4.52 Å². The highest BCUT2D eigenvalue weighted by atomic mass is 16.5. The van der Waals surface area contributed by atoms with Gasteiger partial charge in [0, 0.05) is 18.2 Å². The normalized spacial score (nSPS) is 15.8. The average Bonchev–Trinajstić information content (AvgIpc) is 3.38. The minimum atomic E-state index is -0.549. The van der Waals surface area contributed by atoms with Crippen molar-refractivity contribution in [1.29, 1.82) is 0 Å². The van der Waals surface area contributed by atoms with Gasteiger partial charge in [-0.2, -0.15) is 10.1 Å². The maximum Gasteiger partial charge on any atom is 0.226 e. The molecule has 0 atom stereocenters. The second-order valence-corrected chi connectivity index (χ2v) is 7.20. The van der Waals surface area contributed by atoms with Gasteiger partial charge in [-0.05, 0) is 25.0 Å². The van der Waals surface area contributed by atoms with Crippen LogP contribution in [0.1, 0.15) is 50.7 Å². The summed E-state index contributed by atoms with van der Waals surface area (Å²) in [6.07, 6.45) is 5.86. The third kappa shape index (κ3) is 3.42. The Hall–Kier alpha value is -3.03. The lowest BCUT2D eigenvalue weighted by Crippen LogP contribution is -2.45. The van der Waals surface area contributed by atoms with E-state index >= 15 is 0 Å². The molecule has 1 N–H and O–H groups in total. The highest BCUT2D eigenvalue weighted by Crippen LogP contribution is 2.37. The van der Waals surface area contributed by atoms with Crippen LogP contribution in [0.5, 0.6) is 0 Å². The van der Waals surface area contributed by atoms with Crippen molar-refractivity contribution in [3.63, 3.8) is 0 Å². The van der Waals surface area contributed by atoms with Crippen LogP contribution in [0.4, 0.5) is 0 Å². The second kappa shape index (κ2) is 7.53. The van der Waals surface area contributed by atoms with Gasteiger partial charge in [0.1, 0.15) is 5.54 Å². The molecule has 1 aliphatic carbocycles. The van der Waals surface area contributed by atoms with Crippen LogP contribution in [0.15, 0.2) is 39.8 Å². The lowest BCUT2D eigenvalue weighted by molar-refractivity contribution is -0.123. The molecule has 4 rings (SSSR count). The maximum absolute atomic E-state index is 12.7. The maximum atomic E-state index is 12.7. The first-order valence-corrected chi connectivity index (χ1v) is 9.70. The Morgan fingerprint density at radius 2 is 2.07 bits per heavy atom. The minimum Gasteiger partial charge on any atom is -0.343 e. The first-order valence-electron chi connectivity index (χ1n) is 9.70. The molecule has 8 heteroatoms. The number of aryl methyl sites for hydroxylation is 2. The van der Waals surface area contributed by atoms with Crippen LogP contribution in [0, 0.1) is 0 Å². The van der Waals surface area contributed by atoms with Crippen molar-refractivity contribution in [2.24, 2.45) is 0 Å². The number of carbonyl (C=O) groups excluding carboxylic acids is 1. The SMILES string of the molecule is CCc1nc(C2(NC(=O)CCn3ncc(=O)c4ccccc43)CCCC2)no1. The molecule has 1 fully saturated rings. The predicted molar refractivity (Wildman–Crippen MR) is 103 cm³/mol. The predicted octanol–water partition coefficient (Wildman–Crippen LogP) is 2.32. The van der Waals surface area contributed by atoms with Gasteiger partial charge in [-0.15, -0.1) is 0 Å². The summed E-state index contributed by atoms with van der Waals surface area (Å²) in [7, 11) is 0. The molecule has 1 aromatic carbocycles. The Balaban J connectivity index is 1.49. The molecule has 8 nitrogen and oxygen atoms in total. The van der Waals surface area contributed by atoms with Gasteiger partial charge >= 0.3 is 0 Å². The molecule has 0 bridgehead atoms. The van der Waals surface area contributed by atoms with Gasteiger partial charge < -0.3 is 9.84 Å². The van der Waals surface area contributed by atoms with Gasteiger partial charge in [0.2, 0.25) is 17.2 Å². The number of aromatic nitrogens is 4. The number of rotatable bonds is 6. The number of nitrogens with zero attached hydrogens (tertiary/aromatic N) is 4. The van der Waals surface area contributed by atoms with Crippen molar-refractivity contribution >= 4 is 16.8 Å². The van der Waals surface area contributed by atoms with Crippen LogP contribution in [0.3, 0.4) is 0 Å².